The zero-order valence-electron chi connectivity index (χ0n) is 16.5. The highest BCUT2D eigenvalue weighted by Crippen LogP contribution is 2.33. The highest BCUT2D eigenvalue weighted by atomic mass is 35.5. The van der Waals surface area contributed by atoms with Crippen molar-refractivity contribution in [1.29, 1.82) is 0 Å². The molecule has 0 aliphatic carbocycles. The summed E-state index contributed by atoms with van der Waals surface area (Å²) in [6.07, 6.45) is 1.72. The van der Waals surface area contributed by atoms with Gasteiger partial charge in [-0.05, 0) is 35.9 Å². The lowest BCUT2D eigenvalue weighted by molar-refractivity contribution is 0.0730. The first-order chi connectivity index (χ1) is 14.5. The van der Waals surface area contributed by atoms with Crippen LogP contribution in [0.1, 0.15) is 5.56 Å². The number of benzene rings is 2. The van der Waals surface area contributed by atoms with Crippen molar-refractivity contribution < 1.29 is 17.9 Å². The average molecular weight is 450 g/mol. The molecule has 4 rings (SSSR count). The van der Waals surface area contributed by atoms with E-state index in [1.807, 2.05) is 18.2 Å². The molecule has 2 fully saturated rings. The molecule has 2 aromatic carbocycles. The molecule has 0 radical (unpaired) electrons. The van der Waals surface area contributed by atoms with E-state index in [1.54, 1.807) is 30.5 Å². The van der Waals surface area contributed by atoms with E-state index in [4.69, 9.17) is 21.1 Å². The predicted molar refractivity (Wildman–Crippen MR) is 118 cm³/mol. The van der Waals surface area contributed by atoms with E-state index in [0.29, 0.717) is 50.2 Å². The highest BCUT2D eigenvalue weighted by molar-refractivity contribution is 7.89. The molecule has 0 N–H and O–H groups in total. The molecular formula is C21H24ClN3O4S. The van der Waals surface area contributed by atoms with Gasteiger partial charge in [0.2, 0.25) is 10.0 Å². The summed E-state index contributed by atoms with van der Waals surface area (Å²) < 4.78 is 38.4. The van der Waals surface area contributed by atoms with Gasteiger partial charge in [0, 0.05) is 37.4 Å². The molecule has 9 heteroatoms. The Balaban J connectivity index is 1.69. The fraction of sp³-hybridized carbons (Fsp3) is 0.381. The van der Waals surface area contributed by atoms with Gasteiger partial charge in [0.25, 0.3) is 0 Å². The first kappa shape index (κ1) is 21.3. The molecule has 2 aromatic rings. The van der Waals surface area contributed by atoms with Crippen LogP contribution < -0.4 is 4.90 Å². The highest BCUT2D eigenvalue weighted by Gasteiger charge is 2.27. The minimum atomic E-state index is -3.60. The van der Waals surface area contributed by atoms with Crippen molar-refractivity contribution in [1.82, 2.24) is 4.31 Å². The fourth-order valence-electron chi connectivity index (χ4n) is 3.47. The summed E-state index contributed by atoms with van der Waals surface area (Å²) in [4.78, 5) is 7.05. The largest absolute Gasteiger partial charge is 0.379 e. The lowest BCUT2D eigenvalue weighted by Crippen LogP contribution is -2.40. The van der Waals surface area contributed by atoms with Gasteiger partial charge in [0.05, 0.1) is 42.7 Å². The van der Waals surface area contributed by atoms with E-state index in [9.17, 15) is 8.42 Å². The Bertz CT molecular complexity index is 999. The molecule has 7 nitrogen and oxygen atoms in total. The molecule has 0 amide bonds. The van der Waals surface area contributed by atoms with Crippen molar-refractivity contribution >= 4 is 39.2 Å². The van der Waals surface area contributed by atoms with Crippen LogP contribution in [0.4, 0.5) is 11.4 Å². The Hall–Kier alpha value is -1.97. The first-order valence-electron chi connectivity index (χ1n) is 9.88. The molecule has 30 heavy (non-hydrogen) atoms. The number of anilines is 1. The summed E-state index contributed by atoms with van der Waals surface area (Å²) in [5.74, 6) is 0. The van der Waals surface area contributed by atoms with Crippen molar-refractivity contribution in [2.24, 2.45) is 4.99 Å². The van der Waals surface area contributed by atoms with Gasteiger partial charge in [-0.3, -0.25) is 4.99 Å². The van der Waals surface area contributed by atoms with Gasteiger partial charge in [-0.25, -0.2) is 8.42 Å². The Morgan fingerprint density at radius 1 is 0.900 bits per heavy atom. The van der Waals surface area contributed by atoms with Crippen LogP contribution in [0.3, 0.4) is 0 Å². The standard InChI is InChI=1S/C21H24ClN3O4S/c22-18-3-1-17(2-4-18)16-23-20-15-19(30(26,27)25-9-13-29-14-10-25)5-6-21(20)24-7-11-28-12-8-24/h1-6,15-16H,7-14H2. The third-order valence-corrected chi connectivity index (χ3v) is 7.28. The van der Waals surface area contributed by atoms with Gasteiger partial charge in [0.15, 0.2) is 0 Å². The maximum absolute atomic E-state index is 13.1. The summed E-state index contributed by atoms with van der Waals surface area (Å²) in [7, 11) is -3.60. The second-order valence-electron chi connectivity index (χ2n) is 7.08. The molecule has 160 valence electrons. The summed E-state index contributed by atoms with van der Waals surface area (Å²) in [5.41, 5.74) is 2.39. The molecule has 2 saturated heterocycles. The number of hydrogen-bond acceptors (Lipinski definition) is 6. The molecule has 2 aliphatic heterocycles. The molecule has 0 aromatic heterocycles. The number of morpholine rings is 2. The SMILES string of the molecule is O=S(=O)(c1ccc(N2CCOCC2)c(N=Cc2ccc(Cl)cc2)c1)N1CCOCC1. The second-order valence-corrected chi connectivity index (χ2v) is 9.45. The average Bonchev–Trinajstić information content (AvgIpc) is 2.79. The van der Waals surface area contributed by atoms with Gasteiger partial charge in [-0.15, -0.1) is 0 Å². The summed E-state index contributed by atoms with van der Waals surface area (Å²) >= 11 is 5.96. The second kappa shape index (κ2) is 9.45. The van der Waals surface area contributed by atoms with E-state index >= 15 is 0 Å². The number of ether oxygens (including phenoxy) is 2. The van der Waals surface area contributed by atoms with Crippen molar-refractivity contribution in [2.45, 2.75) is 4.90 Å². The maximum Gasteiger partial charge on any atom is 0.243 e. The number of hydrogen-bond donors (Lipinski definition) is 0. The van der Waals surface area contributed by atoms with Gasteiger partial charge < -0.3 is 14.4 Å². The Morgan fingerprint density at radius 2 is 1.53 bits per heavy atom. The Labute approximate surface area is 181 Å². The monoisotopic (exact) mass is 449 g/mol. The number of sulfonamides is 1. The molecule has 0 spiro atoms. The van der Waals surface area contributed by atoms with Crippen LogP contribution >= 0.6 is 11.6 Å². The van der Waals surface area contributed by atoms with Crippen molar-refractivity contribution in [3.8, 4) is 0 Å². The minimum Gasteiger partial charge on any atom is -0.379 e. The number of aliphatic imine (C=N–C) groups is 1. The van der Waals surface area contributed by atoms with E-state index in [0.717, 1.165) is 24.3 Å². The number of halogens is 1. The topological polar surface area (TPSA) is 71.4 Å². The van der Waals surface area contributed by atoms with Crippen LogP contribution in [0, 0.1) is 0 Å². The van der Waals surface area contributed by atoms with Gasteiger partial charge in [-0.2, -0.15) is 4.31 Å². The molecular weight excluding hydrogens is 426 g/mol. The third-order valence-electron chi connectivity index (χ3n) is 5.13. The summed E-state index contributed by atoms with van der Waals surface area (Å²) in [6.45, 7) is 4.27. The maximum atomic E-state index is 13.1. The van der Waals surface area contributed by atoms with Crippen LogP contribution in [0.15, 0.2) is 52.4 Å². The lowest BCUT2D eigenvalue weighted by atomic mass is 10.2. The Kier molecular flexibility index (Phi) is 6.70. The number of nitrogens with zero attached hydrogens (tertiary/aromatic N) is 3. The van der Waals surface area contributed by atoms with E-state index in [-0.39, 0.29) is 4.90 Å². The van der Waals surface area contributed by atoms with Crippen LogP contribution in [0.2, 0.25) is 5.02 Å². The molecule has 2 aliphatic rings. The van der Waals surface area contributed by atoms with Crippen molar-refractivity contribution in [3.63, 3.8) is 0 Å². The molecule has 0 saturated carbocycles. The molecule has 0 bridgehead atoms. The van der Waals surface area contributed by atoms with E-state index in [1.165, 1.54) is 4.31 Å². The number of rotatable bonds is 5. The van der Waals surface area contributed by atoms with Crippen LogP contribution in [0.5, 0.6) is 0 Å². The minimum absolute atomic E-state index is 0.240. The third kappa shape index (κ3) is 4.84. The van der Waals surface area contributed by atoms with Crippen LogP contribution in [-0.2, 0) is 19.5 Å². The zero-order valence-corrected chi connectivity index (χ0v) is 18.1. The predicted octanol–water partition coefficient (Wildman–Crippen LogP) is 2.95. The van der Waals surface area contributed by atoms with Gasteiger partial charge in [-0.1, -0.05) is 23.7 Å². The molecule has 0 atom stereocenters. The van der Waals surface area contributed by atoms with Crippen molar-refractivity contribution in [3.05, 3.63) is 53.1 Å². The normalized spacial score (nSPS) is 18.8. The van der Waals surface area contributed by atoms with E-state index < -0.39 is 10.0 Å². The Morgan fingerprint density at radius 3 is 2.20 bits per heavy atom. The van der Waals surface area contributed by atoms with E-state index in [2.05, 4.69) is 9.89 Å². The van der Waals surface area contributed by atoms with Crippen LogP contribution in [0.25, 0.3) is 0 Å². The van der Waals surface area contributed by atoms with Crippen LogP contribution in [-0.4, -0.2) is 71.5 Å². The fourth-order valence-corrected chi connectivity index (χ4v) is 5.02. The van der Waals surface area contributed by atoms with Gasteiger partial charge >= 0.3 is 0 Å². The van der Waals surface area contributed by atoms with Gasteiger partial charge in [0.1, 0.15) is 0 Å². The quantitative estimate of drug-likeness (QED) is 0.656. The first-order valence-corrected chi connectivity index (χ1v) is 11.7. The zero-order chi connectivity index (χ0) is 21.0. The lowest BCUT2D eigenvalue weighted by Gasteiger charge is -2.30. The smallest absolute Gasteiger partial charge is 0.243 e. The van der Waals surface area contributed by atoms with Crippen molar-refractivity contribution in [2.75, 3.05) is 57.5 Å². The molecule has 2 heterocycles. The summed E-state index contributed by atoms with van der Waals surface area (Å²) in [6, 6.07) is 12.5. The summed E-state index contributed by atoms with van der Waals surface area (Å²) in [5, 5.41) is 0.653. The molecule has 0 unspecified atom stereocenters.